The zero-order chi connectivity index (χ0) is 30.4. The normalized spacial score (nSPS) is 23.0. The van der Waals surface area contributed by atoms with E-state index in [4.69, 9.17) is 22.2 Å². The van der Waals surface area contributed by atoms with Crippen LogP contribution in [0.3, 0.4) is 0 Å². The summed E-state index contributed by atoms with van der Waals surface area (Å²) in [6, 6.07) is 6.06. The van der Waals surface area contributed by atoms with Crippen molar-refractivity contribution in [3.63, 3.8) is 0 Å². The Hall–Kier alpha value is -2.96. The molecule has 0 radical (unpaired) electrons. The summed E-state index contributed by atoms with van der Waals surface area (Å²) in [6.07, 6.45) is 10.8. The van der Waals surface area contributed by atoms with E-state index in [2.05, 4.69) is 42.9 Å². The second-order valence-electron chi connectivity index (χ2n) is 11.8. The van der Waals surface area contributed by atoms with Crippen LogP contribution in [-0.4, -0.2) is 24.6 Å². The Morgan fingerprint density at radius 1 is 1.15 bits per heavy atom. The number of fused-ring (bicyclic) bond motifs is 3. The number of hydrazine groups is 1. The number of methoxy groups -OCH3 is 1. The van der Waals surface area contributed by atoms with E-state index in [1.807, 2.05) is 45.9 Å². The zero-order valence-electron chi connectivity index (χ0n) is 25.9. The van der Waals surface area contributed by atoms with Crippen molar-refractivity contribution in [1.29, 1.82) is 0 Å². The third kappa shape index (κ3) is 7.28. The lowest BCUT2D eigenvalue weighted by Gasteiger charge is -2.52. The lowest BCUT2D eigenvalue weighted by Crippen LogP contribution is -2.50. The predicted octanol–water partition coefficient (Wildman–Crippen LogP) is 7.58. The van der Waals surface area contributed by atoms with E-state index < -0.39 is 0 Å². The summed E-state index contributed by atoms with van der Waals surface area (Å²) in [4.78, 5) is 12.5. The number of esters is 1. The highest BCUT2D eigenvalue weighted by atomic mass is 35.5. The largest absolute Gasteiger partial charge is 0.469 e. The van der Waals surface area contributed by atoms with Gasteiger partial charge in [0.15, 0.2) is 0 Å². The van der Waals surface area contributed by atoms with Gasteiger partial charge in [-0.2, -0.15) is 0 Å². The molecule has 41 heavy (non-hydrogen) atoms. The molecule has 0 amide bonds. The summed E-state index contributed by atoms with van der Waals surface area (Å²) in [6.45, 7) is 20.3. The van der Waals surface area contributed by atoms with E-state index in [9.17, 15) is 4.79 Å². The van der Waals surface area contributed by atoms with Crippen molar-refractivity contribution in [1.82, 2.24) is 15.6 Å². The minimum absolute atomic E-state index is 0.0374. The molecule has 2 bridgehead atoms. The number of rotatable bonds is 13. The molecular formula is C34H49ClN4O2. The number of nitrogens with zero attached hydrogens (tertiary/aromatic N) is 1. The summed E-state index contributed by atoms with van der Waals surface area (Å²) in [5, 5.41) is 9.71. The van der Waals surface area contributed by atoms with Crippen LogP contribution in [-0.2, 0) is 16.1 Å². The minimum atomic E-state index is -0.285. The van der Waals surface area contributed by atoms with Crippen molar-refractivity contribution in [3.05, 3.63) is 93.6 Å². The predicted molar refractivity (Wildman–Crippen MR) is 170 cm³/mol. The van der Waals surface area contributed by atoms with Crippen LogP contribution in [0.25, 0.3) is 0 Å². The molecule has 1 aromatic carbocycles. The Bertz CT molecular complexity index is 1230. The van der Waals surface area contributed by atoms with Crippen LogP contribution in [0.15, 0.2) is 77.4 Å². The molecule has 0 heterocycles. The van der Waals surface area contributed by atoms with Gasteiger partial charge in [0.1, 0.15) is 0 Å². The highest BCUT2D eigenvalue weighted by Crippen LogP contribution is 2.57. The molecule has 3 aliphatic rings. The molecule has 0 atom stereocenters. The van der Waals surface area contributed by atoms with Crippen molar-refractivity contribution >= 4 is 17.6 Å². The van der Waals surface area contributed by atoms with Gasteiger partial charge >= 0.3 is 5.97 Å². The molecular weight excluding hydrogens is 532 g/mol. The maximum Gasteiger partial charge on any atom is 0.311 e. The van der Waals surface area contributed by atoms with Gasteiger partial charge in [0.2, 0.25) is 0 Å². The molecule has 0 aromatic heterocycles. The molecule has 3 fully saturated rings. The zero-order valence-corrected chi connectivity index (χ0v) is 26.6. The van der Waals surface area contributed by atoms with Crippen LogP contribution in [0.4, 0.5) is 0 Å². The van der Waals surface area contributed by atoms with Gasteiger partial charge in [-0.25, -0.2) is 5.84 Å². The Balaban J connectivity index is 1.83. The highest BCUT2D eigenvalue weighted by molar-refractivity contribution is 6.31. The molecule has 4 N–H and O–H groups in total. The van der Waals surface area contributed by atoms with Gasteiger partial charge in [0.25, 0.3) is 0 Å². The number of carbonyl (C=O) groups excluding carboxylic acids is 1. The lowest BCUT2D eigenvalue weighted by atomic mass is 9.53. The highest BCUT2D eigenvalue weighted by Gasteiger charge is 2.53. The summed E-state index contributed by atoms with van der Waals surface area (Å²) in [5.74, 6) is 6.72. The minimum Gasteiger partial charge on any atom is -0.469 e. The van der Waals surface area contributed by atoms with Crippen molar-refractivity contribution in [3.8, 4) is 0 Å². The fourth-order valence-electron chi connectivity index (χ4n) is 6.05. The summed E-state index contributed by atoms with van der Waals surface area (Å²) < 4.78 is 5.16. The number of benzene rings is 1. The van der Waals surface area contributed by atoms with Gasteiger partial charge in [-0.05, 0) is 106 Å². The van der Waals surface area contributed by atoms with E-state index in [1.54, 1.807) is 5.01 Å². The lowest BCUT2D eigenvalue weighted by molar-refractivity contribution is -0.162. The van der Waals surface area contributed by atoms with Gasteiger partial charge in [0, 0.05) is 29.5 Å². The molecule has 1 aromatic rings. The molecule has 3 aliphatic carbocycles. The van der Waals surface area contributed by atoms with Gasteiger partial charge < -0.3 is 15.4 Å². The van der Waals surface area contributed by atoms with Gasteiger partial charge in [0.05, 0.1) is 23.9 Å². The average Bonchev–Trinajstić information content (AvgIpc) is 2.99. The van der Waals surface area contributed by atoms with Crippen molar-refractivity contribution < 1.29 is 9.53 Å². The first-order valence-electron chi connectivity index (χ1n) is 14.7. The molecule has 6 nitrogen and oxygen atoms in total. The number of halogens is 1. The van der Waals surface area contributed by atoms with Crippen LogP contribution >= 0.6 is 11.6 Å². The smallest absolute Gasteiger partial charge is 0.311 e. The summed E-state index contributed by atoms with van der Waals surface area (Å²) in [7, 11) is 1.51. The Kier molecular flexibility index (Phi) is 11.0. The molecule has 3 saturated carbocycles. The number of nitrogens with two attached hydrogens (primary N) is 1. The van der Waals surface area contributed by atoms with E-state index in [0.29, 0.717) is 6.54 Å². The average molecular weight is 581 g/mol. The number of hydrogen-bond acceptors (Lipinski definition) is 6. The van der Waals surface area contributed by atoms with E-state index in [1.165, 1.54) is 7.11 Å². The van der Waals surface area contributed by atoms with E-state index in [0.717, 1.165) is 102 Å². The Morgan fingerprint density at radius 3 is 2.32 bits per heavy atom. The molecule has 4 rings (SSSR count). The first-order chi connectivity index (χ1) is 19.4. The van der Waals surface area contributed by atoms with Gasteiger partial charge in [-0.3, -0.25) is 9.80 Å². The molecule has 0 spiro atoms. The Labute approximate surface area is 252 Å². The maximum atomic E-state index is 12.5. The standard InChI is InChI=1S/C34H49ClN4O2/c1-9-11-30(38-22-33-14-17-34(18-15-33,19-16-33)32(40)41-8)31(39(36)24(4)10-2)26(6)25(5)27(7)37-21-28-13-12-23(3)29(35)20-28/h10-13,20,37-38H,5,7,9,14-19,21-22,36H2,1-4,6,8H3/b24-10-,30-11?,31-26?. The molecule has 224 valence electrons. The van der Waals surface area contributed by atoms with E-state index >= 15 is 0 Å². The fourth-order valence-corrected chi connectivity index (χ4v) is 6.25. The summed E-state index contributed by atoms with van der Waals surface area (Å²) in [5.41, 5.74) is 7.25. The van der Waals surface area contributed by atoms with Crippen LogP contribution in [0.5, 0.6) is 0 Å². The number of carbonyl (C=O) groups is 1. The third-order valence-corrected chi connectivity index (χ3v) is 9.70. The van der Waals surface area contributed by atoms with Gasteiger partial charge in [-0.1, -0.05) is 56.0 Å². The quantitative estimate of drug-likeness (QED) is 0.0966. The number of nitrogens with one attached hydrogen (secondary N) is 2. The second kappa shape index (κ2) is 13.8. The fraction of sp³-hybridized carbons (Fsp3) is 0.500. The second-order valence-corrected chi connectivity index (χ2v) is 12.2. The monoisotopic (exact) mass is 580 g/mol. The topological polar surface area (TPSA) is 79.6 Å². The third-order valence-electron chi connectivity index (χ3n) is 9.29. The summed E-state index contributed by atoms with van der Waals surface area (Å²) >= 11 is 6.33. The first kappa shape index (κ1) is 32.6. The van der Waals surface area contributed by atoms with Crippen molar-refractivity contribution in [2.75, 3.05) is 13.7 Å². The van der Waals surface area contributed by atoms with E-state index in [-0.39, 0.29) is 16.8 Å². The molecule has 0 unspecified atom stereocenters. The SMILES string of the molecule is C=C(NCc1ccc(C)c(Cl)c1)C(=C)C(C)=C(C(=CCC)NCC12CCC(C(=O)OC)(CC1)CC2)N(N)/C(C)=C\C. The van der Waals surface area contributed by atoms with Crippen LogP contribution in [0.1, 0.15) is 83.8 Å². The molecule has 0 aliphatic heterocycles. The van der Waals surface area contributed by atoms with Crippen LogP contribution in [0, 0.1) is 17.8 Å². The number of ether oxygens (including phenoxy) is 1. The molecule has 0 saturated heterocycles. The van der Waals surface area contributed by atoms with Crippen molar-refractivity contribution in [2.45, 2.75) is 86.1 Å². The van der Waals surface area contributed by atoms with Crippen molar-refractivity contribution in [2.24, 2.45) is 16.7 Å². The first-order valence-corrected chi connectivity index (χ1v) is 15.1. The Morgan fingerprint density at radius 2 is 1.78 bits per heavy atom. The van der Waals surface area contributed by atoms with Crippen LogP contribution in [0.2, 0.25) is 5.02 Å². The maximum absolute atomic E-state index is 12.5. The number of hydrogen-bond donors (Lipinski definition) is 3. The number of aryl methyl sites for hydroxylation is 1. The van der Waals surface area contributed by atoms with Crippen LogP contribution < -0.4 is 16.5 Å². The van der Waals surface area contributed by atoms with Gasteiger partial charge in [-0.15, -0.1) is 0 Å². The number of allylic oxidation sites excluding steroid dienone is 4. The molecule has 7 heteroatoms.